The fraction of sp³-hybridized carbons (Fsp3) is 0.294. The number of rotatable bonds is 7. The van der Waals surface area contributed by atoms with Crippen LogP contribution in [0.15, 0.2) is 41.3 Å². The molecule has 0 unspecified atom stereocenters. The van der Waals surface area contributed by atoms with Gasteiger partial charge in [-0.05, 0) is 32.0 Å². The van der Waals surface area contributed by atoms with Gasteiger partial charge in [-0.3, -0.25) is 19.0 Å². The fourth-order valence-electron chi connectivity index (χ4n) is 2.35. The third-order valence-corrected chi connectivity index (χ3v) is 3.75. The number of aromatic nitrogens is 4. The second kappa shape index (κ2) is 7.68. The summed E-state index contributed by atoms with van der Waals surface area (Å²) in [6.45, 7) is 5.30. The number of aryl methyl sites for hydroxylation is 2. The van der Waals surface area contributed by atoms with Crippen molar-refractivity contribution in [3.63, 3.8) is 0 Å². The molecule has 2 amide bonds. The first-order chi connectivity index (χ1) is 12.6. The van der Waals surface area contributed by atoms with Crippen LogP contribution in [0.1, 0.15) is 40.6 Å². The zero-order valence-corrected chi connectivity index (χ0v) is 14.6. The van der Waals surface area contributed by atoms with E-state index in [2.05, 4.69) is 20.8 Å². The third kappa shape index (κ3) is 3.82. The van der Waals surface area contributed by atoms with Gasteiger partial charge >= 0.3 is 0 Å². The van der Waals surface area contributed by atoms with Crippen LogP contribution in [0, 0.1) is 0 Å². The summed E-state index contributed by atoms with van der Waals surface area (Å²) >= 11 is 0. The Kier molecular flexibility index (Phi) is 5.16. The van der Waals surface area contributed by atoms with Gasteiger partial charge in [-0.2, -0.15) is 10.2 Å². The number of amides is 2. The summed E-state index contributed by atoms with van der Waals surface area (Å²) in [5.74, 6) is -0.167. The number of nitrogens with one attached hydrogen (secondary N) is 2. The minimum atomic E-state index is -0.400. The second-order valence-electron chi connectivity index (χ2n) is 5.52. The molecule has 136 valence electrons. The standard InChI is InChI=1S/C17H20N6O3/c1-3-22-8-7-13(20-22)16(24)19-14-11-23(4-2)21-15(14)17(25)18-10-12-6-5-9-26-12/h5-9,11H,3-4,10H2,1-2H3,(H,18,25)(H,19,24). The molecule has 0 atom stereocenters. The van der Waals surface area contributed by atoms with E-state index in [9.17, 15) is 9.59 Å². The first-order valence-electron chi connectivity index (χ1n) is 8.33. The van der Waals surface area contributed by atoms with Crippen molar-refractivity contribution in [1.82, 2.24) is 24.9 Å². The van der Waals surface area contributed by atoms with Gasteiger partial charge in [0.15, 0.2) is 11.4 Å². The van der Waals surface area contributed by atoms with Crippen LogP contribution >= 0.6 is 0 Å². The summed E-state index contributed by atoms with van der Waals surface area (Å²) in [5, 5.41) is 13.8. The van der Waals surface area contributed by atoms with Crippen molar-refractivity contribution in [2.75, 3.05) is 5.32 Å². The van der Waals surface area contributed by atoms with Crippen molar-refractivity contribution in [1.29, 1.82) is 0 Å². The highest BCUT2D eigenvalue weighted by atomic mass is 16.3. The number of carbonyl (C=O) groups is 2. The van der Waals surface area contributed by atoms with E-state index in [0.29, 0.717) is 24.5 Å². The molecule has 0 bridgehead atoms. The van der Waals surface area contributed by atoms with Crippen LogP contribution < -0.4 is 10.6 Å². The molecule has 0 fully saturated rings. The first-order valence-corrected chi connectivity index (χ1v) is 8.33. The largest absolute Gasteiger partial charge is 0.467 e. The molecule has 0 saturated heterocycles. The van der Waals surface area contributed by atoms with Crippen LogP contribution in [0.25, 0.3) is 0 Å². The van der Waals surface area contributed by atoms with Gasteiger partial charge in [0.2, 0.25) is 0 Å². The van der Waals surface area contributed by atoms with Gasteiger partial charge in [-0.15, -0.1) is 0 Å². The molecule has 9 heteroatoms. The molecule has 3 aromatic rings. The second-order valence-corrected chi connectivity index (χ2v) is 5.52. The SMILES string of the molecule is CCn1ccc(C(=O)Nc2cn(CC)nc2C(=O)NCc2ccco2)n1. The molecule has 0 saturated carbocycles. The Balaban J connectivity index is 1.74. The van der Waals surface area contributed by atoms with E-state index < -0.39 is 11.8 Å². The molecule has 0 aliphatic heterocycles. The van der Waals surface area contributed by atoms with Gasteiger partial charge in [0.25, 0.3) is 11.8 Å². The van der Waals surface area contributed by atoms with Gasteiger partial charge in [0, 0.05) is 25.5 Å². The predicted molar refractivity (Wildman–Crippen MR) is 93.6 cm³/mol. The van der Waals surface area contributed by atoms with Crippen LogP contribution in [0.2, 0.25) is 0 Å². The molecule has 2 N–H and O–H groups in total. The molecular formula is C17H20N6O3. The van der Waals surface area contributed by atoms with Crippen molar-refractivity contribution in [2.45, 2.75) is 33.5 Å². The van der Waals surface area contributed by atoms with Crippen LogP contribution in [-0.2, 0) is 19.6 Å². The van der Waals surface area contributed by atoms with Crippen LogP contribution in [0.5, 0.6) is 0 Å². The van der Waals surface area contributed by atoms with E-state index >= 15 is 0 Å². The Labute approximate surface area is 150 Å². The molecule has 3 heterocycles. The van der Waals surface area contributed by atoms with Crippen LogP contribution in [0.4, 0.5) is 5.69 Å². The monoisotopic (exact) mass is 356 g/mol. The normalized spacial score (nSPS) is 10.7. The maximum Gasteiger partial charge on any atom is 0.276 e. The smallest absolute Gasteiger partial charge is 0.276 e. The van der Waals surface area contributed by atoms with E-state index in [1.807, 2.05) is 13.8 Å². The van der Waals surface area contributed by atoms with E-state index in [1.165, 1.54) is 6.26 Å². The average molecular weight is 356 g/mol. The Morgan fingerprint density at radius 3 is 2.58 bits per heavy atom. The molecule has 0 radical (unpaired) electrons. The lowest BCUT2D eigenvalue weighted by Crippen LogP contribution is -2.25. The Morgan fingerprint density at radius 2 is 1.92 bits per heavy atom. The molecule has 0 aliphatic rings. The summed E-state index contributed by atoms with van der Waals surface area (Å²) in [6, 6.07) is 5.13. The number of hydrogen-bond donors (Lipinski definition) is 2. The highest BCUT2D eigenvalue weighted by Gasteiger charge is 2.20. The van der Waals surface area contributed by atoms with E-state index in [0.717, 1.165) is 0 Å². The molecule has 0 aromatic carbocycles. The minimum Gasteiger partial charge on any atom is -0.467 e. The number of nitrogens with zero attached hydrogens (tertiary/aromatic N) is 4. The highest BCUT2D eigenvalue weighted by Crippen LogP contribution is 2.15. The molecule has 3 aromatic heterocycles. The summed E-state index contributed by atoms with van der Waals surface area (Å²) in [7, 11) is 0. The predicted octanol–water partition coefficient (Wildman–Crippen LogP) is 1.89. The third-order valence-electron chi connectivity index (χ3n) is 3.75. The summed E-state index contributed by atoms with van der Waals surface area (Å²) in [5.41, 5.74) is 0.750. The van der Waals surface area contributed by atoms with Crippen molar-refractivity contribution >= 4 is 17.5 Å². The van der Waals surface area contributed by atoms with Gasteiger partial charge in [-0.1, -0.05) is 0 Å². The minimum absolute atomic E-state index is 0.140. The topological polar surface area (TPSA) is 107 Å². The van der Waals surface area contributed by atoms with Gasteiger partial charge < -0.3 is 15.1 Å². The quantitative estimate of drug-likeness (QED) is 0.672. The number of anilines is 1. The number of hydrogen-bond acceptors (Lipinski definition) is 5. The molecular weight excluding hydrogens is 336 g/mol. The van der Waals surface area contributed by atoms with Crippen molar-refractivity contribution in [2.24, 2.45) is 0 Å². The summed E-state index contributed by atoms with van der Waals surface area (Å²) < 4.78 is 8.43. The lowest BCUT2D eigenvalue weighted by Gasteiger charge is -2.04. The summed E-state index contributed by atoms with van der Waals surface area (Å²) in [4.78, 5) is 24.8. The zero-order valence-electron chi connectivity index (χ0n) is 14.6. The lowest BCUT2D eigenvalue weighted by atomic mass is 10.3. The lowest BCUT2D eigenvalue weighted by molar-refractivity contribution is 0.0943. The zero-order chi connectivity index (χ0) is 18.5. The number of furan rings is 1. The first kappa shape index (κ1) is 17.5. The van der Waals surface area contributed by atoms with Gasteiger partial charge in [-0.25, -0.2) is 0 Å². The van der Waals surface area contributed by atoms with Crippen LogP contribution in [-0.4, -0.2) is 31.4 Å². The molecule has 26 heavy (non-hydrogen) atoms. The van der Waals surface area contributed by atoms with E-state index in [4.69, 9.17) is 4.42 Å². The van der Waals surface area contributed by atoms with Crippen molar-refractivity contribution < 1.29 is 14.0 Å². The van der Waals surface area contributed by atoms with Gasteiger partial charge in [0.1, 0.15) is 5.76 Å². The average Bonchev–Trinajstić information content (AvgIpc) is 3.39. The molecule has 0 spiro atoms. The summed E-state index contributed by atoms with van der Waals surface area (Å²) in [6.07, 6.45) is 4.88. The van der Waals surface area contributed by atoms with Gasteiger partial charge in [0.05, 0.1) is 18.5 Å². The maximum atomic E-state index is 12.5. The molecule has 3 rings (SSSR count). The highest BCUT2D eigenvalue weighted by molar-refractivity contribution is 6.07. The maximum absolute atomic E-state index is 12.5. The van der Waals surface area contributed by atoms with Crippen molar-refractivity contribution in [3.05, 3.63) is 54.0 Å². The fourth-order valence-corrected chi connectivity index (χ4v) is 2.35. The Bertz CT molecular complexity index is 894. The van der Waals surface area contributed by atoms with Crippen molar-refractivity contribution in [3.8, 4) is 0 Å². The Hall–Kier alpha value is -3.36. The van der Waals surface area contributed by atoms with Crippen LogP contribution in [0.3, 0.4) is 0 Å². The van der Waals surface area contributed by atoms with E-state index in [-0.39, 0.29) is 17.9 Å². The molecule has 0 aliphatic carbocycles. The molecule has 9 nitrogen and oxygen atoms in total. The van der Waals surface area contributed by atoms with E-state index in [1.54, 1.807) is 40.0 Å². The number of carbonyl (C=O) groups excluding carboxylic acids is 2. The Morgan fingerprint density at radius 1 is 1.12 bits per heavy atom.